The van der Waals surface area contributed by atoms with E-state index >= 15 is 0 Å². The van der Waals surface area contributed by atoms with Crippen LogP contribution in [-0.2, 0) is 17.4 Å². The van der Waals surface area contributed by atoms with E-state index in [2.05, 4.69) is 5.48 Å². The van der Waals surface area contributed by atoms with Gasteiger partial charge in [-0.05, 0) is 48.7 Å². The van der Waals surface area contributed by atoms with E-state index in [0.29, 0.717) is 30.5 Å². The third-order valence-corrected chi connectivity index (χ3v) is 3.78. The molecule has 0 saturated heterocycles. The maximum absolute atomic E-state index is 12.7. The number of nitrogens with zero attached hydrogens (tertiary/aromatic N) is 1. The van der Waals surface area contributed by atoms with E-state index in [1.165, 1.54) is 6.07 Å². The largest absolute Gasteiger partial charge is 0.416 e. The molecule has 0 spiro atoms. The zero-order valence-electron chi connectivity index (χ0n) is 14.6. The second-order valence-corrected chi connectivity index (χ2v) is 6.03. The van der Waals surface area contributed by atoms with Crippen LogP contribution in [0.25, 0.3) is 0 Å². The van der Waals surface area contributed by atoms with Crippen LogP contribution >= 0.6 is 0 Å². The molecule has 2 aromatic rings. The van der Waals surface area contributed by atoms with Gasteiger partial charge in [0.25, 0.3) is 0 Å². The van der Waals surface area contributed by atoms with Gasteiger partial charge in [0.05, 0.1) is 11.1 Å². The highest BCUT2D eigenvalue weighted by atomic mass is 19.4. The first kappa shape index (κ1) is 19.8. The van der Waals surface area contributed by atoms with E-state index in [0.717, 1.165) is 17.8 Å². The predicted octanol–water partition coefficient (Wildman–Crippen LogP) is 4.07. The number of carbonyl (C=O) groups is 1. The monoisotopic (exact) mass is 366 g/mol. The molecule has 0 unspecified atom stereocenters. The molecule has 0 radical (unpaired) electrons. The van der Waals surface area contributed by atoms with Crippen molar-refractivity contribution in [2.45, 2.75) is 19.0 Å². The van der Waals surface area contributed by atoms with Gasteiger partial charge in [-0.25, -0.2) is 4.79 Å². The molecule has 2 aromatic carbocycles. The number of benzene rings is 2. The number of hydrogen-bond donors (Lipinski definition) is 1. The predicted molar refractivity (Wildman–Crippen MR) is 94.0 cm³/mol. The van der Waals surface area contributed by atoms with Gasteiger partial charge in [0.1, 0.15) is 0 Å². The Kier molecular flexibility index (Phi) is 6.63. The molecule has 0 aliphatic heterocycles. The Morgan fingerprint density at radius 2 is 1.81 bits per heavy atom. The SMILES string of the molecule is CN(C)c1ccc(C(=O)ONCCCc2cccc(C(F)(F)F)c2)cc1. The van der Waals surface area contributed by atoms with E-state index < -0.39 is 17.7 Å². The maximum atomic E-state index is 12.7. The van der Waals surface area contributed by atoms with Crippen LogP contribution in [0.15, 0.2) is 48.5 Å². The Hall–Kier alpha value is -2.54. The zero-order chi connectivity index (χ0) is 19.2. The van der Waals surface area contributed by atoms with Crippen LogP contribution in [0.4, 0.5) is 18.9 Å². The van der Waals surface area contributed by atoms with Crippen molar-refractivity contribution in [1.29, 1.82) is 0 Å². The van der Waals surface area contributed by atoms with Crippen molar-refractivity contribution in [3.05, 3.63) is 65.2 Å². The summed E-state index contributed by atoms with van der Waals surface area (Å²) in [6.07, 6.45) is -3.36. The first-order valence-electron chi connectivity index (χ1n) is 8.15. The van der Waals surface area contributed by atoms with Gasteiger partial charge in [-0.2, -0.15) is 18.7 Å². The fourth-order valence-electron chi connectivity index (χ4n) is 2.34. The molecule has 0 aliphatic rings. The summed E-state index contributed by atoms with van der Waals surface area (Å²) in [6.45, 7) is 0.345. The minimum Gasteiger partial charge on any atom is -0.378 e. The van der Waals surface area contributed by atoms with Crippen molar-refractivity contribution >= 4 is 11.7 Å². The number of aryl methyl sites for hydroxylation is 1. The van der Waals surface area contributed by atoms with Crippen LogP contribution in [0.3, 0.4) is 0 Å². The van der Waals surface area contributed by atoms with E-state index in [-0.39, 0.29) is 0 Å². The van der Waals surface area contributed by atoms with Gasteiger partial charge in [-0.3, -0.25) is 0 Å². The molecule has 0 aromatic heterocycles. The van der Waals surface area contributed by atoms with Crippen molar-refractivity contribution in [3.63, 3.8) is 0 Å². The molecule has 0 bridgehead atoms. The summed E-state index contributed by atoms with van der Waals surface area (Å²) in [4.78, 5) is 18.8. The minimum absolute atomic E-state index is 0.345. The van der Waals surface area contributed by atoms with Crippen LogP contribution in [0.2, 0.25) is 0 Å². The molecule has 7 heteroatoms. The number of hydrogen-bond acceptors (Lipinski definition) is 4. The fraction of sp³-hybridized carbons (Fsp3) is 0.316. The molecular formula is C19H21F3N2O2. The van der Waals surface area contributed by atoms with Gasteiger partial charge in [0.2, 0.25) is 0 Å². The zero-order valence-corrected chi connectivity index (χ0v) is 14.6. The molecular weight excluding hydrogens is 345 g/mol. The van der Waals surface area contributed by atoms with E-state index in [4.69, 9.17) is 4.84 Å². The van der Waals surface area contributed by atoms with Crippen molar-refractivity contribution in [2.24, 2.45) is 0 Å². The highest BCUT2D eigenvalue weighted by Gasteiger charge is 2.30. The summed E-state index contributed by atoms with van der Waals surface area (Å²) in [5, 5.41) is 0. The van der Waals surface area contributed by atoms with Crippen LogP contribution < -0.4 is 10.4 Å². The molecule has 0 heterocycles. The first-order valence-corrected chi connectivity index (χ1v) is 8.15. The van der Waals surface area contributed by atoms with Crippen LogP contribution in [-0.4, -0.2) is 26.6 Å². The number of anilines is 1. The number of hydroxylamine groups is 1. The van der Waals surface area contributed by atoms with Crippen molar-refractivity contribution < 1.29 is 22.8 Å². The van der Waals surface area contributed by atoms with Crippen LogP contribution in [0.1, 0.15) is 27.9 Å². The standard InChI is InChI=1S/C19H21F3N2O2/c1-24(2)17-10-8-15(9-11-17)18(25)26-23-12-4-6-14-5-3-7-16(13-14)19(20,21)22/h3,5,7-11,13,23H,4,6,12H2,1-2H3. The summed E-state index contributed by atoms with van der Waals surface area (Å²) in [5.74, 6) is -0.505. The second kappa shape index (κ2) is 8.71. The maximum Gasteiger partial charge on any atom is 0.416 e. The Labute approximate surface area is 150 Å². The Morgan fingerprint density at radius 3 is 2.42 bits per heavy atom. The lowest BCUT2D eigenvalue weighted by Gasteiger charge is -2.12. The van der Waals surface area contributed by atoms with Gasteiger partial charge in [0.15, 0.2) is 0 Å². The van der Waals surface area contributed by atoms with Gasteiger partial charge >= 0.3 is 12.1 Å². The van der Waals surface area contributed by atoms with E-state index in [1.807, 2.05) is 31.1 Å². The minimum atomic E-state index is -4.34. The van der Waals surface area contributed by atoms with Gasteiger partial charge in [-0.1, -0.05) is 18.2 Å². The molecule has 0 fully saturated rings. The Morgan fingerprint density at radius 1 is 1.12 bits per heavy atom. The van der Waals surface area contributed by atoms with Crippen LogP contribution in [0, 0.1) is 0 Å². The molecule has 140 valence electrons. The Bertz CT molecular complexity index is 728. The van der Waals surface area contributed by atoms with Crippen molar-refractivity contribution in [3.8, 4) is 0 Å². The number of carbonyl (C=O) groups excluding carboxylic acids is 1. The normalized spacial score (nSPS) is 11.3. The van der Waals surface area contributed by atoms with Gasteiger partial charge in [-0.15, -0.1) is 0 Å². The summed E-state index contributed by atoms with van der Waals surface area (Å²) < 4.78 is 38.0. The molecule has 0 amide bonds. The van der Waals surface area contributed by atoms with Crippen LogP contribution in [0.5, 0.6) is 0 Å². The lowest BCUT2D eigenvalue weighted by molar-refractivity contribution is -0.137. The molecule has 4 nitrogen and oxygen atoms in total. The van der Waals surface area contributed by atoms with Gasteiger partial charge in [0, 0.05) is 26.3 Å². The summed E-state index contributed by atoms with van der Waals surface area (Å²) >= 11 is 0. The van der Waals surface area contributed by atoms with Crippen molar-refractivity contribution in [1.82, 2.24) is 5.48 Å². The molecule has 0 atom stereocenters. The lowest BCUT2D eigenvalue weighted by Crippen LogP contribution is -2.21. The first-order chi connectivity index (χ1) is 12.3. The molecule has 26 heavy (non-hydrogen) atoms. The third kappa shape index (κ3) is 5.77. The summed E-state index contributed by atoms with van der Waals surface area (Å²) in [7, 11) is 3.80. The molecule has 0 saturated carbocycles. The van der Waals surface area contributed by atoms with E-state index in [1.54, 1.807) is 18.2 Å². The number of nitrogens with one attached hydrogen (secondary N) is 1. The quantitative estimate of drug-likeness (QED) is 0.593. The summed E-state index contributed by atoms with van der Waals surface area (Å²) in [5.41, 5.74) is 3.87. The fourth-order valence-corrected chi connectivity index (χ4v) is 2.34. The summed E-state index contributed by atoms with van der Waals surface area (Å²) in [6, 6.07) is 12.2. The molecule has 2 rings (SSSR count). The van der Waals surface area contributed by atoms with Crippen molar-refractivity contribution in [2.75, 3.05) is 25.5 Å². The average molecular weight is 366 g/mol. The van der Waals surface area contributed by atoms with Gasteiger partial charge < -0.3 is 9.74 Å². The highest BCUT2D eigenvalue weighted by Crippen LogP contribution is 2.29. The highest BCUT2D eigenvalue weighted by molar-refractivity contribution is 5.89. The molecule has 0 aliphatic carbocycles. The lowest BCUT2D eigenvalue weighted by atomic mass is 10.1. The molecule has 1 N–H and O–H groups in total. The topological polar surface area (TPSA) is 41.6 Å². The van der Waals surface area contributed by atoms with E-state index in [9.17, 15) is 18.0 Å². The number of halogens is 3. The Balaban J connectivity index is 1.74. The second-order valence-electron chi connectivity index (χ2n) is 6.03. The third-order valence-electron chi connectivity index (χ3n) is 3.78. The number of rotatable bonds is 7. The number of alkyl halides is 3. The average Bonchev–Trinajstić information content (AvgIpc) is 2.61. The smallest absolute Gasteiger partial charge is 0.378 e.